The molecule has 0 fully saturated rings. The Hall–Kier alpha value is -3.32. The predicted molar refractivity (Wildman–Crippen MR) is 95.3 cm³/mol. The first-order valence-corrected chi connectivity index (χ1v) is 8.89. The van der Waals surface area contributed by atoms with Crippen LogP contribution >= 0.6 is 0 Å². The number of nitrogens with one attached hydrogen (secondary N) is 1. The standard InChI is InChI=1S/C15H14F2N4O6S/c1-26-14-6-9(2-5-13(14)27-15(16)17)8-19-20-11-4-3-10(28(18,24)25)7-12(11)21(22)23/h2-8,15,20H,1H3,(H2,18,24,25)/b19-8+. The van der Waals surface area contributed by atoms with Crippen LogP contribution in [0.1, 0.15) is 5.56 Å². The molecule has 0 aliphatic carbocycles. The molecule has 13 heteroatoms. The van der Waals surface area contributed by atoms with E-state index in [0.29, 0.717) is 5.56 Å². The van der Waals surface area contributed by atoms with Crippen LogP contribution in [-0.4, -0.2) is 33.3 Å². The van der Waals surface area contributed by atoms with E-state index in [1.54, 1.807) is 0 Å². The van der Waals surface area contributed by atoms with Gasteiger partial charge in [-0.2, -0.15) is 13.9 Å². The van der Waals surface area contributed by atoms with Crippen molar-refractivity contribution in [3.63, 3.8) is 0 Å². The number of methoxy groups -OCH3 is 1. The van der Waals surface area contributed by atoms with Crippen LogP contribution < -0.4 is 20.0 Å². The number of nitro benzene ring substituents is 1. The van der Waals surface area contributed by atoms with E-state index in [1.807, 2.05) is 0 Å². The number of alkyl halides is 2. The number of primary sulfonamides is 1. The molecular formula is C15H14F2N4O6S. The third kappa shape index (κ3) is 5.34. The monoisotopic (exact) mass is 416 g/mol. The first kappa shape index (κ1) is 21.0. The van der Waals surface area contributed by atoms with Crippen LogP contribution in [0.2, 0.25) is 0 Å². The number of nitro groups is 1. The smallest absolute Gasteiger partial charge is 0.387 e. The lowest BCUT2D eigenvalue weighted by Gasteiger charge is -2.10. The number of anilines is 1. The maximum Gasteiger partial charge on any atom is 0.387 e. The number of halogens is 2. The predicted octanol–water partition coefficient (Wildman–Crippen LogP) is 2.30. The highest BCUT2D eigenvalue weighted by molar-refractivity contribution is 7.89. The van der Waals surface area contributed by atoms with E-state index in [4.69, 9.17) is 9.88 Å². The fraction of sp³-hybridized carbons (Fsp3) is 0.133. The Morgan fingerprint density at radius 3 is 2.54 bits per heavy atom. The lowest BCUT2D eigenvalue weighted by Crippen LogP contribution is -2.12. The Labute approximate surface area is 157 Å². The van der Waals surface area contributed by atoms with Crippen molar-refractivity contribution in [3.05, 3.63) is 52.1 Å². The fourth-order valence-corrected chi connectivity index (χ4v) is 2.60. The molecule has 0 aliphatic rings. The second-order valence-corrected chi connectivity index (χ2v) is 6.70. The molecule has 2 aromatic rings. The zero-order valence-electron chi connectivity index (χ0n) is 14.2. The summed E-state index contributed by atoms with van der Waals surface area (Å²) in [7, 11) is -2.84. The number of ether oxygens (including phenoxy) is 2. The van der Waals surface area contributed by atoms with Gasteiger partial charge in [-0.25, -0.2) is 13.6 Å². The molecule has 0 aliphatic heterocycles. The van der Waals surface area contributed by atoms with Gasteiger partial charge in [0.25, 0.3) is 5.69 Å². The number of hydrogen-bond acceptors (Lipinski definition) is 8. The van der Waals surface area contributed by atoms with Gasteiger partial charge in [0.05, 0.1) is 23.1 Å². The molecule has 0 atom stereocenters. The summed E-state index contributed by atoms with van der Waals surface area (Å²) in [4.78, 5) is 9.91. The molecule has 0 unspecified atom stereocenters. The molecule has 28 heavy (non-hydrogen) atoms. The molecule has 0 saturated heterocycles. The van der Waals surface area contributed by atoms with E-state index < -0.39 is 32.1 Å². The van der Waals surface area contributed by atoms with Crippen LogP contribution in [0.15, 0.2) is 46.4 Å². The van der Waals surface area contributed by atoms with Crippen LogP contribution in [0.5, 0.6) is 11.5 Å². The highest BCUT2D eigenvalue weighted by Crippen LogP contribution is 2.29. The van der Waals surface area contributed by atoms with Crippen molar-refractivity contribution >= 4 is 27.6 Å². The third-order valence-corrected chi connectivity index (χ3v) is 4.21. The Morgan fingerprint density at radius 2 is 1.96 bits per heavy atom. The first-order valence-electron chi connectivity index (χ1n) is 7.35. The van der Waals surface area contributed by atoms with Crippen LogP contribution in [0, 0.1) is 10.1 Å². The van der Waals surface area contributed by atoms with Crippen molar-refractivity contribution in [3.8, 4) is 11.5 Å². The van der Waals surface area contributed by atoms with E-state index in [9.17, 15) is 27.3 Å². The average molecular weight is 416 g/mol. The lowest BCUT2D eigenvalue weighted by atomic mass is 10.2. The van der Waals surface area contributed by atoms with Gasteiger partial charge < -0.3 is 9.47 Å². The van der Waals surface area contributed by atoms with Gasteiger partial charge in [-0.15, -0.1) is 0 Å². The van der Waals surface area contributed by atoms with E-state index in [0.717, 1.165) is 18.2 Å². The summed E-state index contributed by atoms with van der Waals surface area (Å²) < 4.78 is 56.5. The third-order valence-electron chi connectivity index (χ3n) is 3.30. The van der Waals surface area contributed by atoms with Gasteiger partial charge in [0.2, 0.25) is 10.0 Å². The second kappa shape index (κ2) is 8.58. The van der Waals surface area contributed by atoms with E-state index >= 15 is 0 Å². The van der Waals surface area contributed by atoms with Gasteiger partial charge in [0, 0.05) is 6.07 Å². The van der Waals surface area contributed by atoms with Gasteiger partial charge >= 0.3 is 6.61 Å². The maximum atomic E-state index is 12.3. The minimum absolute atomic E-state index is 0.0349. The topological polar surface area (TPSA) is 146 Å². The molecule has 0 bridgehead atoms. The Balaban J connectivity index is 2.24. The SMILES string of the molecule is COc1cc(/C=N/Nc2ccc(S(N)(=O)=O)cc2[N+](=O)[O-])ccc1OC(F)F. The highest BCUT2D eigenvalue weighted by atomic mass is 32.2. The van der Waals surface area contributed by atoms with Crippen molar-refractivity contribution in [1.82, 2.24) is 0 Å². The Morgan fingerprint density at radius 1 is 1.25 bits per heavy atom. The molecule has 0 heterocycles. The molecule has 150 valence electrons. The summed E-state index contributed by atoms with van der Waals surface area (Å²) in [5.74, 6) is -0.135. The zero-order valence-corrected chi connectivity index (χ0v) is 15.0. The number of rotatable bonds is 8. The number of nitrogens with zero attached hydrogens (tertiary/aromatic N) is 2. The summed E-state index contributed by atoms with van der Waals surface area (Å²) >= 11 is 0. The second-order valence-electron chi connectivity index (χ2n) is 5.14. The Kier molecular flexibility index (Phi) is 6.43. The van der Waals surface area contributed by atoms with Gasteiger partial charge in [0.15, 0.2) is 11.5 Å². The van der Waals surface area contributed by atoms with E-state index in [2.05, 4.69) is 15.3 Å². The lowest BCUT2D eigenvalue weighted by molar-refractivity contribution is -0.384. The summed E-state index contributed by atoms with van der Waals surface area (Å²) in [6.45, 7) is -3.02. The molecule has 0 saturated carbocycles. The van der Waals surface area contributed by atoms with Crippen molar-refractivity contribution in [1.29, 1.82) is 0 Å². The number of benzene rings is 2. The minimum Gasteiger partial charge on any atom is -0.493 e. The highest BCUT2D eigenvalue weighted by Gasteiger charge is 2.18. The first-order chi connectivity index (χ1) is 13.1. The quantitative estimate of drug-likeness (QED) is 0.381. The molecular weight excluding hydrogens is 402 g/mol. The van der Waals surface area contributed by atoms with Crippen LogP contribution in [0.4, 0.5) is 20.2 Å². The van der Waals surface area contributed by atoms with Gasteiger partial charge in [-0.05, 0) is 35.9 Å². The van der Waals surface area contributed by atoms with Gasteiger partial charge in [-0.1, -0.05) is 0 Å². The molecule has 0 spiro atoms. The van der Waals surface area contributed by atoms with Gasteiger partial charge in [0.1, 0.15) is 5.69 Å². The molecule has 0 radical (unpaired) electrons. The average Bonchev–Trinajstić information content (AvgIpc) is 2.61. The minimum atomic E-state index is -4.11. The maximum absolute atomic E-state index is 12.3. The normalized spacial score (nSPS) is 11.6. The molecule has 2 aromatic carbocycles. The van der Waals surface area contributed by atoms with Crippen molar-refractivity contribution in [2.45, 2.75) is 11.5 Å². The number of hydrazone groups is 1. The van der Waals surface area contributed by atoms with E-state index in [1.165, 1.54) is 31.5 Å². The summed E-state index contributed by atoms with van der Waals surface area (Å²) in [5, 5.41) is 19.9. The summed E-state index contributed by atoms with van der Waals surface area (Å²) in [6.07, 6.45) is 1.24. The molecule has 10 nitrogen and oxygen atoms in total. The van der Waals surface area contributed by atoms with Crippen molar-refractivity contribution < 1.29 is 31.6 Å². The summed E-state index contributed by atoms with van der Waals surface area (Å²) in [6, 6.07) is 7.03. The summed E-state index contributed by atoms with van der Waals surface area (Å²) in [5.41, 5.74) is 2.18. The largest absolute Gasteiger partial charge is 0.493 e. The zero-order chi connectivity index (χ0) is 20.9. The van der Waals surface area contributed by atoms with Crippen LogP contribution in [0.25, 0.3) is 0 Å². The van der Waals surface area contributed by atoms with Crippen LogP contribution in [0.3, 0.4) is 0 Å². The van der Waals surface area contributed by atoms with Crippen molar-refractivity contribution in [2.75, 3.05) is 12.5 Å². The Bertz CT molecular complexity index is 1010. The molecule has 0 aromatic heterocycles. The molecule has 3 N–H and O–H groups in total. The van der Waals surface area contributed by atoms with Crippen molar-refractivity contribution in [2.24, 2.45) is 10.2 Å². The van der Waals surface area contributed by atoms with E-state index in [-0.39, 0.29) is 17.2 Å². The number of hydrogen-bond donors (Lipinski definition) is 2. The number of nitrogens with two attached hydrogens (primary N) is 1. The molecule has 0 amide bonds. The van der Waals surface area contributed by atoms with Gasteiger partial charge in [-0.3, -0.25) is 15.5 Å². The number of sulfonamides is 1. The molecule has 2 rings (SSSR count). The van der Waals surface area contributed by atoms with Crippen LogP contribution in [-0.2, 0) is 10.0 Å². The fourth-order valence-electron chi connectivity index (χ4n) is 2.07.